The first-order valence-electron chi connectivity index (χ1n) is 9.09. The van der Waals surface area contributed by atoms with Gasteiger partial charge in [-0.25, -0.2) is 4.99 Å². The van der Waals surface area contributed by atoms with E-state index in [0.717, 1.165) is 16.9 Å². The minimum Gasteiger partial charge on any atom is -0.278 e. The molecule has 4 aromatic carbocycles. The predicted octanol–water partition coefficient (Wildman–Crippen LogP) is 6.96. The number of fused-ring (bicyclic) bond motifs is 6. The molecular formula is C24H15N3S. The Morgan fingerprint density at radius 2 is 1.54 bits per heavy atom. The first-order valence-corrected chi connectivity index (χ1v) is 9.91. The van der Waals surface area contributed by atoms with Crippen molar-refractivity contribution in [3.8, 4) is 11.1 Å². The number of rotatable bonds is 0. The summed E-state index contributed by atoms with van der Waals surface area (Å²) in [4.78, 5) is 5.87. The average molecular weight is 377 g/mol. The van der Waals surface area contributed by atoms with Gasteiger partial charge in [-0.2, -0.15) is 0 Å². The fraction of sp³-hybridized carbons (Fsp3) is 0. The number of nitrogens with one attached hydrogen (secondary N) is 1. The maximum atomic E-state index is 8.48. The summed E-state index contributed by atoms with van der Waals surface area (Å²) in [6.07, 6.45) is 0. The van der Waals surface area contributed by atoms with Crippen molar-refractivity contribution in [2.75, 3.05) is 4.90 Å². The minimum absolute atomic E-state index is 0.142. The van der Waals surface area contributed by atoms with Gasteiger partial charge in [0.2, 0.25) is 5.96 Å². The van der Waals surface area contributed by atoms with Crippen LogP contribution in [0, 0.1) is 5.41 Å². The molecule has 28 heavy (non-hydrogen) atoms. The normalized spacial score (nSPS) is 12.5. The molecule has 5 aromatic rings. The van der Waals surface area contributed by atoms with Gasteiger partial charge in [0, 0.05) is 31.1 Å². The lowest BCUT2D eigenvalue weighted by molar-refractivity contribution is 1.26. The van der Waals surface area contributed by atoms with Gasteiger partial charge in [-0.3, -0.25) is 10.3 Å². The molecule has 0 fully saturated rings. The Morgan fingerprint density at radius 3 is 2.43 bits per heavy atom. The maximum Gasteiger partial charge on any atom is 0.226 e. The third kappa shape index (κ3) is 1.87. The third-order valence-corrected chi connectivity index (χ3v) is 6.64. The molecule has 0 bridgehead atoms. The van der Waals surface area contributed by atoms with Crippen molar-refractivity contribution >= 4 is 66.3 Å². The van der Waals surface area contributed by atoms with E-state index in [9.17, 15) is 0 Å². The van der Waals surface area contributed by atoms with Crippen LogP contribution in [0.5, 0.6) is 0 Å². The summed E-state index contributed by atoms with van der Waals surface area (Å²) in [6.45, 7) is 3.61. The molecule has 2 heterocycles. The van der Waals surface area contributed by atoms with Gasteiger partial charge in [-0.15, -0.1) is 11.3 Å². The highest BCUT2D eigenvalue weighted by molar-refractivity contribution is 7.26. The van der Waals surface area contributed by atoms with Crippen molar-refractivity contribution in [1.29, 1.82) is 5.41 Å². The molecule has 0 saturated heterocycles. The molecule has 3 nitrogen and oxygen atoms in total. The van der Waals surface area contributed by atoms with Crippen molar-refractivity contribution in [1.82, 2.24) is 0 Å². The number of para-hydroxylation sites is 1. The zero-order valence-electron chi connectivity index (χ0n) is 14.9. The summed E-state index contributed by atoms with van der Waals surface area (Å²) in [7, 11) is 0. The zero-order valence-corrected chi connectivity index (χ0v) is 15.8. The number of guanidine groups is 1. The standard InChI is InChI=1S/C24H15N3S/c1-26-24(25)27-18-11-4-2-7-14(18)15-9-6-10-17-22(15)19(27)13-21-23(17)16-8-3-5-12-20(16)28-21/h2-13,25H,1H2. The molecule has 1 aliphatic heterocycles. The predicted molar refractivity (Wildman–Crippen MR) is 122 cm³/mol. The van der Waals surface area contributed by atoms with Gasteiger partial charge in [0.05, 0.1) is 11.4 Å². The van der Waals surface area contributed by atoms with E-state index in [-0.39, 0.29) is 5.96 Å². The summed E-state index contributed by atoms with van der Waals surface area (Å²) in [6, 6.07) is 25.5. The Bertz CT molecular complexity index is 1460. The van der Waals surface area contributed by atoms with Gasteiger partial charge >= 0.3 is 0 Å². The summed E-state index contributed by atoms with van der Waals surface area (Å²) in [5.41, 5.74) is 4.29. The first kappa shape index (κ1) is 15.5. The van der Waals surface area contributed by atoms with Gasteiger partial charge in [-0.05, 0) is 35.9 Å². The quantitative estimate of drug-likeness (QED) is 0.230. The fourth-order valence-electron chi connectivity index (χ4n) is 4.40. The highest BCUT2D eigenvalue weighted by Crippen LogP contribution is 2.51. The van der Waals surface area contributed by atoms with Crippen molar-refractivity contribution < 1.29 is 0 Å². The fourth-order valence-corrected chi connectivity index (χ4v) is 5.56. The molecule has 0 saturated carbocycles. The van der Waals surface area contributed by atoms with Gasteiger partial charge in [0.25, 0.3) is 0 Å². The number of anilines is 2. The Balaban J connectivity index is 1.88. The third-order valence-electron chi connectivity index (χ3n) is 5.52. The second-order valence-electron chi connectivity index (χ2n) is 6.93. The molecule has 1 N–H and O–H groups in total. The first-order chi connectivity index (χ1) is 13.8. The van der Waals surface area contributed by atoms with E-state index in [1.165, 1.54) is 36.5 Å². The van der Waals surface area contributed by atoms with Crippen LogP contribution in [-0.4, -0.2) is 12.7 Å². The van der Waals surface area contributed by atoms with Gasteiger partial charge in [-0.1, -0.05) is 54.6 Å². The summed E-state index contributed by atoms with van der Waals surface area (Å²) in [5.74, 6) is 0.142. The van der Waals surface area contributed by atoms with Crippen LogP contribution < -0.4 is 4.90 Å². The summed E-state index contributed by atoms with van der Waals surface area (Å²) >= 11 is 1.80. The van der Waals surface area contributed by atoms with E-state index in [4.69, 9.17) is 5.41 Å². The largest absolute Gasteiger partial charge is 0.278 e. The Labute approximate surface area is 165 Å². The van der Waals surface area contributed by atoms with Crippen molar-refractivity contribution in [3.05, 3.63) is 72.8 Å². The van der Waals surface area contributed by atoms with E-state index in [1.807, 2.05) is 23.1 Å². The van der Waals surface area contributed by atoms with Crippen LogP contribution in [0.4, 0.5) is 11.4 Å². The number of hydrogen-bond acceptors (Lipinski definition) is 2. The summed E-state index contributed by atoms with van der Waals surface area (Å²) in [5, 5.41) is 13.5. The van der Waals surface area contributed by atoms with Gasteiger partial charge in [0.15, 0.2) is 0 Å². The lowest BCUT2D eigenvalue weighted by Crippen LogP contribution is -2.25. The SMILES string of the molecule is C=NC(=N)N1c2ccccc2-c2cccc3c2c1cc1sc2ccccc2c13. The van der Waals surface area contributed by atoms with Crippen LogP contribution in [0.2, 0.25) is 0 Å². The zero-order chi connectivity index (χ0) is 18.8. The van der Waals surface area contributed by atoms with E-state index in [1.54, 1.807) is 11.3 Å². The van der Waals surface area contributed by atoms with Crippen molar-refractivity contribution in [2.24, 2.45) is 4.99 Å². The lowest BCUT2D eigenvalue weighted by Gasteiger charge is -2.32. The molecule has 0 spiro atoms. The lowest BCUT2D eigenvalue weighted by atomic mass is 9.89. The van der Waals surface area contributed by atoms with Crippen molar-refractivity contribution in [2.45, 2.75) is 0 Å². The number of benzene rings is 4. The van der Waals surface area contributed by atoms with Gasteiger partial charge in [0.1, 0.15) is 0 Å². The molecule has 0 unspecified atom stereocenters. The highest BCUT2D eigenvalue weighted by Gasteiger charge is 2.28. The van der Waals surface area contributed by atoms with Crippen LogP contribution in [0.15, 0.2) is 77.8 Å². The molecule has 0 amide bonds. The molecule has 1 aliphatic rings. The monoisotopic (exact) mass is 377 g/mol. The molecule has 132 valence electrons. The van der Waals surface area contributed by atoms with Crippen LogP contribution in [0.25, 0.3) is 42.1 Å². The Kier molecular flexibility index (Phi) is 3.06. The number of hydrogen-bond donors (Lipinski definition) is 1. The highest BCUT2D eigenvalue weighted by atomic mass is 32.1. The van der Waals surface area contributed by atoms with Crippen LogP contribution in [0.1, 0.15) is 0 Å². The molecule has 0 radical (unpaired) electrons. The Hall–Kier alpha value is -3.50. The molecule has 4 heteroatoms. The van der Waals surface area contributed by atoms with E-state index >= 15 is 0 Å². The van der Waals surface area contributed by atoms with E-state index < -0.39 is 0 Å². The van der Waals surface area contributed by atoms with Crippen LogP contribution >= 0.6 is 11.3 Å². The second kappa shape index (κ2) is 5.50. The average Bonchev–Trinajstić information content (AvgIpc) is 3.12. The molecule has 6 rings (SSSR count). The van der Waals surface area contributed by atoms with Crippen molar-refractivity contribution in [3.63, 3.8) is 0 Å². The topological polar surface area (TPSA) is 39.5 Å². The van der Waals surface area contributed by atoms with Gasteiger partial charge < -0.3 is 0 Å². The number of aliphatic imine (C=N–C) groups is 1. The molecule has 0 atom stereocenters. The van der Waals surface area contributed by atoms with Crippen LogP contribution in [-0.2, 0) is 0 Å². The minimum atomic E-state index is 0.142. The molecule has 1 aromatic heterocycles. The van der Waals surface area contributed by atoms with Crippen LogP contribution in [0.3, 0.4) is 0 Å². The molecule has 0 aliphatic carbocycles. The number of thiophene rings is 1. The maximum absolute atomic E-state index is 8.48. The molecular weight excluding hydrogens is 362 g/mol. The van der Waals surface area contributed by atoms with E-state index in [0.29, 0.717) is 0 Å². The second-order valence-corrected chi connectivity index (χ2v) is 8.01. The number of nitrogens with zero attached hydrogens (tertiary/aromatic N) is 2. The Morgan fingerprint density at radius 1 is 0.786 bits per heavy atom. The smallest absolute Gasteiger partial charge is 0.226 e. The summed E-state index contributed by atoms with van der Waals surface area (Å²) < 4.78 is 2.50. The van der Waals surface area contributed by atoms with E-state index in [2.05, 4.69) is 66.3 Å².